The van der Waals surface area contributed by atoms with Crippen molar-refractivity contribution in [1.82, 2.24) is 16.0 Å². The molecular formula is C18H30FIN4O. The molecule has 0 fully saturated rings. The fourth-order valence-corrected chi connectivity index (χ4v) is 2.22. The van der Waals surface area contributed by atoms with Gasteiger partial charge < -0.3 is 16.0 Å². The average Bonchev–Trinajstić information content (AvgIpc) is 2.53. The topological polar surface area (TPSA) is 65.5 Å². The van der Waals surface area contributed by atoms with E-state index in [1.54, 1.807) is 19.2 Å². The van der Waals surface area contributed by atoms with E-state index in [9.17, 15) is 9.18 Å². The van der Waals surface area contributed by atoms with E-state index in [2.05, 4.69) is 34.8 Å². The Hall–Kier alpha value is -1.38. The minimum Gasteiger partial charge on any atom is -0.356 e. The second kappa shape index (κ2) is 13.9. The fourth-order valence-electron chi connectivity index (χ4n) is 2.22. The first-order chi connectivity index (χ1) is 11.5. The molecule has 1 aromatic carbocycles. The van der Waals surface area contributed by atoms with Crippen molar-refractivity contribution >= 4 is 35.8 Å². The van der Waals surface area contributed by atoms with Gasteiger partial charge in [0.1, 0.15) is 5.82 Å². The van der Waals surface area contributed by atoms with Crippen LogP contribution in [0.25, 0.3) is 0 Å². The first-order valence-electron chi connectivity index (χ1n) is 8.47. The molecule has 0 heterocycles. The number of aliphatic imine (C=N–C) groups is 1. The summed E-state index contributed by atoms with van der Waals surface area (Å²) in [6.07, 6.45) is 2.46. The van der Waals surface area contributed by atoms with Crippen LogP contribution in [-0.4, -0.2) is 38.5 Å². The lowest BCUT2D eigenvalue weighted by atomic mass is 10.1. The lowest BCUT2D eigenvalue weighted by molar-refractivity contribution is -0.120. The standard InChI is InChI=1S/C18H29FN4O.HI/c1-14(2)6-5-9-22-18(20-3)23-11-10-21-17(24)13-15-7-4-8-16(19)12-15;/h4,7-8,12,14H,5-6,9-11,13H2,1-3H3,(H,21,24)(H2,20,22,23);1H. The first-order valence-corrected chi connectivity index (χ1v) is 8.47. The molecular weight excluding hydrogens is 434 g/mol. The van der Waals surface area contributed by atoms with E-state index in [4.69, 9.17) is 0 Å². The highest BCUT2D eigenvalue weighted by Gasteiger charge is 2.04. The maximum Gasteiger partial charge on any atom is 0.224 e. The monoisotopic (exact) mass is 464 g/mol. The molecule has 0 aliphatic carbocycles. The summed E-state index contributed by atoms with van der Waals surface area (Å²) >= 11 is 0. The Balaban J connectivity index is 0.00000576. The van der Waals surface area contributed by atoms with E-state index in [0.29, 0.717) is 24.6 Å². The molecule has 0 bridgehead atoms. The molecule has 1 aromatic rings. The third-order valence-electron chi connectivity index (χ3n) is 3.47. The molecule has 7 heteroatoms. The Morgan fingerprint density at radius 2 is 1.84 bits per heavy atom. The molecule has 0 aliphatic heterocycles. The van der Waals surface area contributed by atoms with Gasteiger partial charge in [0.05, 0.1) is 6.42 Å². The van der Waals surface area contributed by atoms with Gasteiger partial charge in [-0.3, -0.25) is 9.79 Å². The van der Waals surface area contributed by atoms with Crippen LogP contribution in [0.2, 0.25) is 0 Å². The third-order valence-corrected chi connectivity index (χ3v) is 3.47. The lowest BCUT2D eigenvalue weighted by Gasteiger charge is -2.13. The maximum atomic E-state index is 13.1. The van der Waals surface area contributed by atoms with Crippen LogP contribution in [0.5, 0.6) is 0 Å². The zero-order chi connectivity index (χ0) is 17.8. The van der Waals surface area contributed by atoms with Crippen LogP contribution in [0.1, 0.15) is 32.3 Å². The SMILES string of the molecule is CN=C(NCCCC(C)C)NCCNC(=O)Cc1cccc(F)c1.I. The van der Waals surface area contributed by atoms with Crippen molar-refractivity contribution in [2.75, 3.05) is 26.7 Å². The van der Waals surface area contributed by atoms with Crippen molar-refractivity contribution in [2.45, 2.75) is 33.1 Å². The Kier molecular flexibility index (Phi) is 13.1. The number of nitrogens with zero attached hydrogens (tertiary/aromatic N) is 1. The molecule has 0 saturated carbocycles. The highest BCUT2D eigenvalue weighted by Crippen LogP contribution is 2.04. The van der Waals surface area contributed by atoms with E-state index in [0.717, 1.165) is 18.9 Å². The zero-order valence-electron chi connectivity index (χ0n) is 15.3. The number of guanidine groups is 1. The largest absolute Gasteiger partial charge is 0.356 e. The average molecular weight is 464 g/mol. The number of hydrogen-bond donors (Lipinski definition) is 3. The van der Waals surface area contributed by atoms with Gasteiger partial charge >= 0.3 is 0 Å². The summed E-state index contributed by atoms with van der Waals surface area (Å²) in [5.74, 6) is 0.991. The summed E-state index contributed by atoms with van der Waals surface area (Å²) < 4.78 is 13.1. The Morgan fingerprint density at radius 1 is 1.16 bits per heavy atom. The molecule has 1 amide bonds. The predicted molar refractivity (Wildman–Crippen MR) is 112 cm³/mol. The Morgan fingerprint density at radius 3 is 2.48 bits per heavy atom. The summed E-state index contributed by atoms with van der Waals surface area (Å²) in [5.41, 5.74) is 0.670. The molecule has 0 saturated heterocycles. The number of halogens is 2. The van der Waals surface area contributed by atoms with E-state index in [1.165, 1.54) is 18.6 Å². The number of nitrogens with one attached hydrogen (secondary N) is 3. The van der Waals surface area contributed by atoms with Gasteiger partial charge in [0.2, 0.25) is 5.91 Å². The zero-order valence-corrected chi connectivity index (χ0v) is 17.6. The first kappa shape index (κ1) is 23.6. The van der Waals surface area contributed by atoms with E-state index in [1.807, 2.05) is 0 Å². The van der Waals surface area contributed by atoms with Gasteiger partial charge in [0.25, 0.3) is 0 Å². The van der Waals surface area contributed by atoms with Gasteiger partial charge in [-0.05, 0) is 36.5 Å². The molecule has 0 aliphatic rings. The molecule has 0 atom stereocenters. The fraction of sp³-hybridized carbons (Fsp3) is 0.556. The molecule has 5 nitrogen and oxygen atoms in total. The predicted octanol–water partition coefficient (Wildman–Crippen LogP) is 2.70. The van der Waals surface area contributed by atoms with Crippen LogP contribution in [-0.2, 0) is 11.2 Å². The molecule has 142 valence electrons. The third kappa shape index (κ3) is 11.7. The molecule has 3 N–H and O–H groups in total. The summed E-state index contributed by atoms with van der Waals surface area (Å²) in [4.78, 5) is 15.9. The van der Waals surface area contributed by atoms with Crippen molar-refractivity contribution in [1.29, 1.82) is 0 Å². The lowest BCUT2D eigenvalue weighted by Crippen LogP contribution is -2.42. The quantitative estimate of drug-likeness (QED) is 0.228. The summed E-state index contributed by atoms with van der Waals surface area (Å²) in [6.45, 7) is 6.36. The number of hydrogen-bond acceptors (Lipinski definition) is 2. The second-order valence-electron chi connectivity index (χ2n) is 6.12. The molecule has 0 unspecified atom stereocenters. The Bertz CT molecular complexity index is 538. The highest BCUT2D eigenvalue weighted by molar-refractivity contribution is 14.0. The van der Waals surface area contributed by atoms with Crippen molar-refractivity contribution in [3.8, 4) is 0 Å². The van der Waals surface area contributed by atoms with Crippen LogP contribution in [0, 0.1) is 11.7 Å². The molecule has 25 heavy (non-hydrogen) atoms. The second-order valence-corrected chi connectivity index (χ2v) is 6.12. The molecule has 0 aromatic heterocycles. The van der Waals surface area contributed by atoms with E-state index in [-0.39, 0.29) is 42.1 Å². The molecule has 0 spiro atoms. The summed E-state index contributed by atoms with van der Waals surface area (Å²) in [6, 6.07) is 6.09. The molecule has 1 rings (SSSR count). The van der Waals surface area contributed by atoms with Crippen LogP contribution < -0.4 is 16.0 Å². The number of rotatable bonds is 9. The highest BCUT2D eigenvalue weighted by atomic mass is 127. The van der Waals surface area contributed by atoms with Crippen molar-refractivity contribution < 1.29 is 9.18 Å². The van der Waals surface area contributed by atoms with Crippen LogP contribution in [0.15, 0.2) is 29.3 Å². The van der Waals surface area contributed by atoms with Gasteiger partial charge in [-0.1, -0.05) is 26.0 Å². The minimum atomic E-state index is -0.325. The summed E-state index contributed by atoms with van der Waals surface area (Å²) in [5, 5.41) is 9.20. The minimum absolute atomic E-state index is 0. The molecule has 0 radical (unpaired) electrons. The van der Waals surface area contributed by atoms with Crippen LogP contribution in [0.4, 0.5) is 4.39 Å². The van der Waals surface area contributed by atoms with Crippen molar-refractivity contribution in [3.05, 3.63) is 35.6 Å². The van der Waals surface area contributed by atoms with Gasteiger partial charge in [-0.25, -0.2) is 4.39 Å². The van der Waals surface area contributed by atoms with Crippen molar-refractivity contribution in [2.24, 2.45) is 10.9 Å². The smallest absolute Gasteiger partial charge is 0.224 e. The number of carbonyl (C=O) groups is 1. The number of benzene rings is 1. The number of amides is 1. The maximum absolute atomic E-state index is 13.1. The van der Waals surface area contributed by atoms with Gasteiger partial charge in [0.15, 0.2) is 5.96 Å². The van der Waals surface area contributed by atoms with E-state index >= 15 is 0 Å². The van der Waals surface area contributed by atoms with Gasteiger partial charge in [-0.15, -0.1) is 24.0 Å². The normalized spacial score (nSPS) is 11.0. The summed E-state index contributed by atoms with van der Waals surface area (Å²) in [7, 11) is 1.72. The Labute approximate surface area is 167 Å². The van der Waals surface area contributed by atoms with Crippen LogP contribution in [0.3, 0.4) is 0 Å². The van der Waals surface area contributed by atoms with Gasteiger partial charge in [0, 0.05) is 26.7 Å². The van der Waals surface area contributed by atoms with Gasteiger partial charge in [-0.2, -0.15) is 0 Å². The van der Waals surface area contributed by atoms with Crippen LogP contribution >= 0.6 is 24.0 Å². The van der Waals surface area contributed by atoms with E-state index < -0.39 is 0 Å². The van der Waals surface area contributed by atoms with Crippen molar-refractivity contribution in [3.63, 3.8) is 0 Å². The number of carbonyl (C=O) groups excluding carboxylic acids is 1.